The molecule has 6 rings (SSSR count). The monoisotopic (exact) mass is 404 g/mol. The fraction of sp³-hybridized carbons (Fsp3) is 0.565. The van der Waals surface area contributed by atoms with Gasteiger partial charge in [-0.2, -0.15) is 0 Å². The summed E-state index contributed by atoms with van der Waals surface area (Å²) in [6, 6.07) is 10.3. The van der Waals surface area contributed by atoms with Crippen molar-refractivity contribution in [1.29, 1.82) is 0 Å². The van der Waals surface area contributed by atoms with Crippen LogP contribution in [-0.2, 0) is 6.54 Å². The number of hydrogen-bond acceptors (Lipinski definition) is 1. The Morgan fingerprint density at radius 3 is 2.19 bits per heavy atom. The zero-order chi connectivity index (χ0) is 18.6. The predicted octanol–water partition coefficient (Wildman–Crippen LogP) is 5.92. The summed E-state index contributed by atoms with van der Waals surface area (Å²) in [5.74, 6) is 4.89. The van der Waals surface area contributed by atoms with E-state index in [-0.39, 0.29) is 0 Å². The number of halogens is 2. The van der Waals surface area contributed by atoms with Crippen molar-refractivity contribution in [2.75, 3.05) is 0 Å². The summed E-state index contributed by atoms with van der Waals surface area (Å²) >= 11 is 12.3. The van der Waals surface area contributed by atoms with Gasteiger partial charge in [0, 0.05) is 21.0 Å². The van der Waals surface area contributed by atoms with Crippen LogP contribution in [0.4, 0.5) is 0 Å². The first-order valence-corrected chi connectivity index (χ1v) is 11.1. The van der Waals surface area contributed by atoms with Crippen LogP contribution in [0.25, 0.3) is 11.3 Å². The number of nitrogens with two attached hydrogens (primary N) is 1. The van der Waals surface area contributed by atoms with Crippen LogP contribution in [-0.4, -0.2) is 6.04 Å². The van der Waals surface area contributed by atoms with Crippen molar-refractivity contribution in [2.24, 2.45) is 23.2 Å². The highest BCUT2D eigenvalue weighted by atomic mass is 35.5. The molecule has 0 saturated heterocycles. The molecule has 1 aromatic heterocycles. The lowest BCUT2D eigenvalue weighted by Gasteiger charge is -2.57. The molecule has 1 atom stereocenters. The summed E-state index contributed by atoms with van der Waals surface area (Å²) in [6.07, 6.45) is 8.91. The van der Waals surface area contributed by atoms with Gasteiger partial charge in [0.1, 0.15) is 12.3 Å². The fourth-order valence-corrected chi connectivity index (χ4v) is 7.14. The molecule has 1 heterocycles. The predicted molar refractivity (Wildman–Crippen MR) is 110 cm³/mol. The highest BCUT2D eigenvalue weighted by Crippen LogP contribution is 2.60. The molecule has 0 radical (unpaired) electrons. The quantitative estimate of drug-likeness (QED) is 0.657. The van der Waals surface area contributed by atoms with Gasteiger partial charge in [0.25, 0.3) is 0 Å². The zero-order valence-corrected chi connectivity index (χ0v) is 17.4. The maximum atomic E-state index is 6.13. The zero-order valence-electron chi connectivity index (χ0n) is 15.9. The van der Waals surface area contributed by atoms with Gasteiger partial charge in [-0.1, -0.05) is 23.2 Å². The Bertz CT molecular complexity index is 787. The Hall–Kier alpha value is -0.960. The van der Waals surface area contributed by atoms with Gasteiger partial charge in [-0.05, 0) is 93.5 Å². The first-order chi connectivity index (χ1) is 13.0. The van der Waals surface area contributed by atoms with Crippen molar-refractivity contribution in [1.82, 2.24) is 0 Å². The van der Waals surface area contributed by atoms with Crippen LogP contribution in [0.2, 0.25) is 10.0 Å². The molecule has 4 bridgehead atoms. The van der Waals surface area contributed by atoms with E-state index >= 15 is 0 Å². The molecular formula is C23H28Cl2NO+. The second-order valence-corrected chi connectivity index (χ2v) is 10.3. The Morgan fingerprint density at radius 1 is 1.00 bits per heavy atom. The Morgan fingerprint density at radius 2 is 1.59 bits per heavy atom. The second kappa shape index (κ2) is 6.83. The third-order valence-corrected chi connectivity index (χ3v) is 7.97. The molecule has 2 aromatic rings. The van der Waals surface area contributed by atoms with Crippen LogP contribution in [0, 0.1) is 23.2 Å². The minimum atomic E-state index is 0.574. The van der Waals surface area contributed by atoms with Gasteiger partial charge in [0.2, 0.25) is 0 Å². The van der Waals surface area contributed by atoms with E-state index in [1.165, 1.54) is 38.5 Å². The van der Waals surface area contributed by atoms with Crippen molar-refractivity contribution in [2.45, 2.75) is 58.0 Å². The van der Waals surface area contributed by atoms with E-state index in [1.54, 1.807) is 6.07 Å². The molecule has 0 aliphatic heterocycles. The van der Waals surface area contributed by atoms with Crippen LogP contribution < -0.4 is 5.32 Å². The Kier molecular flexibility index (Phi) is 4.57. The van der Waals surface area contributed by atoms with E-state index in [4.69, 9.17) is 27.6 Å². The summed E-state index contributed by atoms with van der Waals surface area (Å²) in [5.41, 5.74) is 1.51. The van der Waals surface area contributed by atoms with Crippen LogP contribution in [0.3, 0.4) is 0 Å². The number of rotatable bonds is 5. The number of furan rings is 1. The lowest BCUT2D eigenvalue weighted by Crippen LogP contribution is -2.91. The smallest absolute Gasteiger partial charge is 0.158 e. The molecule has 4 saturated carbocycles. The molecule has 144 valence electrons. The van der Waals surface area contributed by atoms with Crippen molar-refractivity contribution in [3.05, 3.63) is 46.1 Å². The molecule has 1 aromatic carbocycles. The summed E-state index contributed by atoms with van der Waals surface area (Å²) in [7, 11) is 0. The van der Waals surface area contributed by atoms with Gasteiger partial charge in [0.05, 0.1) is 6.04 Å². The average Bonchev–Trinajstić information content (AvgIpc) is 3.06. The Labute approximate surface area is 171 Å². The van der Waals surface area contributed by atoms with Crippen LogP contribution in [0.5, 0.6) is 0 Å². The largest absolute Gasteiger partial charge is 0.455 e. The first-order valence-electron chi connectivity index (χ1n) is 10.4. The summed E-state index contributed by atoms with van der Waals surface area (Å²) in [5, 5.41) is 3.79. The highest BCUT2D eigenvalue weighted by molar-refractivity contribution is 6.35. The minimum absolute atomic E-state index is 0.574. The lowest BCUT2D eigenvalue weighted by atomic mass is 9.48. The lowest BCUT2D eigenvalue weighted by molar-refractivity contribution is -0.718. The molecule has 2 nitrogen and oxygen atoms in total. The SMILES string of the molecule is C[C@H]([NH2+]Cc1ccc(-c2cc(Cl)cc(Cl)c2)o1)C12CC3CC(CC(C3)C1)C2. The van der Waals surface area contributed by atoms with E-state index < -0.39 is 0 Å². The standard InChI is InChI=1S/C23H27Cl2NO/c1-14(23-10-15-4-16(11-23)6-17(5-15)12-23)26-13-21-2-3-22(27-21)18-7-19(24)9-20(25)8-18/h2-3,7-9,14-17,26H,4-6,10-13H2,1H3/p+1/t14-,15?,16?,17?,23?/m0/s1. The second-order valence-electron chi connectivity index (χ2n) is 9.43. The van der Waals surface area contributed by atoms with E-state index in [1.807, 2.05) is 18.2 Å². The first kappa shape index (κ1) is 18.1. The van der Waals surface area contributed by atoms with Crippen molar-refractivity contribution in [3.63, 3.8) is 0 Å². The fourth-order valence-electron chi connectivity index (χ4n) is 6.62. The number of hydrogen-bond donors (Lipinski definition) is 1. The van der Waals surface area contributed by atoms with Gasteiger partial charge < -0.3 is 9.73 Å². The van der Waals surface area contributed by atoms with Crippen LogP contribution >= 0.6 is 23.2 Å². The molecule has 4 aliphatic rings. The van der Waals surface area contributed by atoms with Gasteiger partial charge in [-0.25, -0.2) is 0 Å². The van der Waals surface area contributed by atoms with E-state index in [0.717, 1.165) is 41.4 Å². The van der Waals surface area contributed by atoms with Crippen LogP contribution in [0.1, 0.15) is 51.2 Å². The maximum Gasteiger partial charge on any atom is 0.158 e. The molecule has 4 heteroatoms. The Balaban J connectivity index is 1.26. The van der Waals surface area contributed by atoms with Gasteiger partial charge >= 0.3 is 0 Å². The van der Waals surface area contributed by atoms with Gasteiger partial charge in [-0.15, -0.1) is 0 Å². The molecule has 0 amide bonds. The number of benzene rings is 1. The third-order valence-electron chi connectivity index (χ3n) is 7.53. The van der Waals surface area contributed by atoms with Gasteiger partial charge in [0.15, 0.2) is 5.76 Å². The van der Waals surface area contributed by atoms with Crippen molar-refractivity contribution >= 4 is 23.2 Å². The molecule has 2 N–H and O–H groups in total. The minimum Gasteiger partial charge on any atom is -0.455 e. The van der Waals surface area contributed by atoms with E-state index in [2.05, 4.69) is 18.3 Å². The summed E-state index contributed by atoms with van der Waals surface area (Å²) in [4.78, 5) is 0. The molecule has 27 heavy (non-hydrogen) atoms. The molecular weight excluding hydrogens is 377 g/mol. The highest BCUT2D eigenvalue weighted by Gasteiger charge is 2.54. The van der Waals surface area contributed by atoms with E-state index in [0.29, 0.717) is 21.5 Å². The average molecular weight is 405 g/mol. The molecule has 4 fully saturated rings. The van der Waals surface area contributed by atoms with Gasteiger partial charge in [-0.3, -0.25) is 0 Å². The molecule has 0 unspecified atom stereocenters. The topological polar surface area (TPSA) is 29.8 Å². The maximum absolute atomic E-state index is 6.13. The van der Waals surface area contributed by atoms with E-state index in [9.17, 15) is 0 Å². The van der Waals surface area contributed by atoms with Crippen molar-refractivity contribution < 1.29 is 9.73 Å². The third kappa shape index (κ3) is 3.45. The normalized spacial score (nSPS) is 32.8. The summed E-state index contributed by atoms with van der Waals surface area (Å²) in [6.45, 7) is 3.35. The van der Waals surface area contributed by atoms with Crippen molar-refractivity contribution in [3.8, 4) is 11.3 Å². The van der Waals surface area contributed by atoms with Crippen LogP contribution in [0.15, 0.2) is 34.7 Å². The summed E-state index contributed by atoms with van der Waals surface area (Å²) < 4.78 is 6.10. The number of quaternary nitrogens is 1. The molecule has 0 spiro atoms. The molecule has 4 aliphatic carbocycles.